The number of hydrogen-bond acceptors (Lipinski definition) is 4. The van der Waals surface area contributed by atoms with Crippen LogP contribution in [0.3, 0.4) is 0 Å². The van der Waals surface area contributed by atoms with E-state index in [2.05, 4.69) is 47.3 Å². The molecule has 4 rings (SSSR count). The molecule has 0 radical (unpaired) electrons. The topological polar surface area (TPSA) is 81.2 Å². The molecule has 0 saturated carbocycles. The number of nitrogens with zero attached hydrogens (tertiary/aromatic N) is 2. The quantitative estimate of drug-likeness (QED) is 0.633. The lowest BCUT2D eigenvalue weighted by molar-refractivity contribution is -0.0359. The number of β-amino-alcohol motifs (C(OH)–C–C–N with tert-alkyl or cyclic N) is 1. The number of pyridine rings is 1. The average Bonchev–Trinajstić information content (AvgIpc) is 2.99. The number of amides is 1. The van der Waals surface area contributed by atoms with Gasteiger partial charge in [0.05, 0.1) is 17.7 Å². The Kier molecular flexibility index (Phi) is 4.82. The molecule has 0 unspecified atom stereocenters. The summed E-state index contributed by atoms with van der Waals surface area (Å²) in [4.78, 5) is 22.8. The van der Waals surface area contributed by atoms with Gasteiger partial charge in [-0.05, 0) is 62.9 Å². The Labute approximate surface area is 171 Å². The van der Waals surface area contributed by atoms with E-state index >= 15 is 0 Å². The highest BCUT2D eigenvalue weighted by atomic mass is 16.3. The maximum Gasteiger partial charge on any atom is 0.272 e. The summed E-state index contributed by atoms with van der Waals surface area (Å²) in [5.74, 6) is 0.538. The Morgan fingerprint density at radius 1 is 1.28 bits per heavy atom. The van der Waals surface area contributed by atoms with Gasteiger partial charge in [0, 0.05) is 24.2 Å². The van der Waals surface area contributed by atoms with Crippen molar-refractivity contribution in [3.63, 3.8) is 0 Å². The van der Waals surface area contributed by atoms with Crippen LogP contribution in [0, 0.1) is 27.7 Å². The number of hydrogen-bond donors (Lipinski definition) is 3. The number of rotatable bonds is 4. The second-order valence-electron chi connectivity index (χ2n) is 8.14. The fourth-order valence-corrected chi connectivity index (χ4v) is 3.99. The highest BCUT2D eigenvalue weighted by molar-refractivity contribution is 6.01. The average molecular weight is 393 g/mol. The Bertz CT molecular complexity index is 1080. The van der Waals surface area contributed by atoms with Crippen molar-refractivity contribution in [3.8, 4) is 0 Å². The van der Waals surface area contributed by atoms with Crippen LogP contribution in [0.15, 0.2) is 24.3 Å². The summed E-state index contributed by atoms with van der Waals surface area (Å²) in [6, 6.07) is 7.95. The number of aliphatic hydroxyl groups excluding tert-OH is 1. The molecule has 1 fully saturated rings. The molecular formula is C23H28N4O2. The third-order valence-corrected chi connectivity index (χ3v) is 6.29. The van der Waals surface area contributed by atoms with Crippen LogP contribution in [0.4, 0.5) is 5.82 Å². The summed E-state index contributed by atoms with van der Waals surface area (Å²) < 4.78 is 0. The summed E-state index contributed by atoms with van der Waals surface area (Å²) >= 11 is 0. The minimum Gasteiger partial charge on any atom is -0.389 e. The number of likely N-dealkylation sites (tertiary alicyclic amines) is 1. The molecule has 152 valence electrons. The second-order valence-corrected chi connectivity index (χ2v) is 8.14. The first-order valence-electron chi connectivity index (χ1n) is 10.1. The maximum absolute atomic E-state index is 13.0. The smallest absolute Gasteiger partial charge is 0.272 e. The molecule has 3 heterocycles. The van der Waals surface area contributed by atoms with Crippen molar-refractivity contribution in [1.29, 1.82) is 0 Å². The number of aryl methyl sites for hydroxylation is 4. The standard InChI is InChI=1S/C23H28N4O2/c1-12-7-6-8-13(2)18(12)10-24-22-21-17(14(3)15(4)25-21)9-19(26-22)23(29)27-11-20(28)16(27)5/h6-9,16,20,25,28H,10-11H2,1-5H3,(H,24,26)/t16-,20+/m1/s1. The number of benzene rings is 1. The van der Waals surface area contributed by atoms with Crippen molar-refractivity contribution in [2.75, 3.05) is 11.9 Å². The van der Waals surface area contributed by atoms with Crippen molar-refractivity contribution < 1.29 is 9.90 Å². The van der Waals surface area contributed by atoms with E-state index in [1.165, 1.54) is 16.7 Å². The number of aromatic amines is 1. The maximum atomic E-state index is 13.0. The highest BCUT2D eigenvalue weighted by Crippen LogP contribution is 2.30. The monoisotopic (exact) mass is 392 g/mol. The zero-order valence-corrected chi connectivity index (χ0v) is 17.6. The van der Waals surface area contributed by atoms with Crippen LogP contribution in [0.5, 0.6) is 0 Å². The molecule has 6 nitrogen and oxygen atoms in total. The number of carbonyl (C=O) groups is 1. The Morgan fingerprint density at radius 3 is 2.59 bits per heavy atom. The van der Waals surface area contributed by atoms with Crippen molar-refractivity contribution in [2.45, 2.75) is 53.3 Å². The van der Waals surface area contributed by atoms with Crippen LogP contribution in [-0.2, 0) is 6.54 Å². The molecule has 1 aromatic carbocycles. The fourth-order valence-electron chi connectivity index (χ4n) is 3.99. The van der Waals surface area contributed by atoms with Gasteiger partial charge < -0.3 is 20.3 Å². The molecule has 2 atom stereocenters. The van der Waals surface area contributed by atoms with E-state index in [0.717, 1.165) is 22.2 Å². The molecule has 1 aliphatic rings. The van der Waals surface area contributed by atoms with E-state index in [4.69, 9.17) is 0 Å². The van der Waals surface area contributed by atoms with Crippen LogP contribution in [0.1, 0.15) is 45.4 Å². The number of carbonyl (C=O) groups excluding carboxylic acids is 1. The number of anilines is 1. The van der Waals surface area contributed by atoms with Gasteiger partial charge in [0.1, 0.15) is 5.69 Å². The SMILES string of the molecule is Cc1cccc(C)c1CNc1nc(C(=O)N2C[C@H](O)[C@H]2C)cc2c(C)c(C)[nH]c12. The zero-order chi connectivity index (χ0) is 20.9. The predicted octanol–water partition coefficient (Wildman–Crippen LogP) is 3.61. The number of H-pyrrole nitrogens is 1. The fraction of sp³-hybridized carbons (Fsp3) is 0.391. The first-order valence-corrected chi connectivity index (χ1v) is 10.1. The Balaban J connectivity index is 1.72. The molecule has 3 aromatic rings. The minimum atomic E-state index is -0.458. The van der Waals surface area contributed by atoms with E-state index in [-0.39, 0.29) is 11.9 Å². The Morgan fingerprint density at radius 2 is 1.97 bits per heavy atom. The number of aliphatic hydroxyl groups is 1. The van der Waals surface area contributed by atoms with E-state index < -0.39 is 6.10 Å². The van der Waals surface area contributed by atoms with Crippen LogP contribution in [0.2, 0.25) is 0 Å². The van der Waals surface area contributed by atoms with Crippen molar-refractivity contribution in [1.82, 2.24) is 14.9 Å². The third-order valence-electron chi connectivity index (χ3n) is 6.29. The second kappa shape index (κ2) is 7.19. The van der Waals surface area contributed by atoms with Crippen molar-refractivity contribution >= 4 is 22.6 Å². The van der Waals surface area contributed by atoms with E-state index in [1.807, 2.05) is 26.8 Å². The molecule has 6 heteroatoms. The van der Waals surface area contributed by atoms with Crippen molar-refractivity contribution in [3.05, 3.63) is 57.9 Å². The van der Waals surface area contributed by atoms with Gasteiger partial charge in [0.15, 0.2) is 5.82 Å². The van der Waals surface area contributed by atoms with Gasteiger partial charge in [-0.3, -0.25) is 4.79 Å². The lowest BCUT2D eigenvalue weighted by Gasteiger charge is -2.43. The number of nitrogens with one attached hydrogen (secondary N) is 2. The molecule has 1 amide bonds. The molecular weight excluding hydrogens is 364 g/mol. The van der Waals surface area contributed by atoms with Gasteiger partial charge >= 0.3 is 0 Å². The summed E-state index contributed by atoms with van der Waals surface area (Å²) in [5, 5.41) is 14.2. The van der Waals surface area contributed by atoms with Crippen LogP contribution in [0.25, 0.3) is 10.9 Å². The van der Waals surface area contributed by atoms with Gasteiger partial charge in [-0.2, -0.15) is 0 Å². The van der Waals surface area contributed by atoms with Crippen LogP contribution < -0.4 is 5.32 Å². The zero-order valence-electron chi connectivity index (χ0n) is 17.6. The molecule has 1 saturated heterocycles. The molecule has 29 heavy (non-hydrogen) atoms. The summed E-state index contributed by atoms with van der Waals surface area (Å²) in [6.45, 7) is 11.1. The molecule has 0 aliphatic carbocycles. The first kappa shape index (κ1) is 19.5. The summed E-state index contributed by atoms with van der Waals surface area (Å²) in [6.07, 6.45) is -0.458. The lowest BCUT2D eigenvalue weighted by atomic mass is 10.0. The largest absolute Gasteiger partial charge is 0.389 e. The minimum absolute atomic E-state index is 0.141. The molecule has 1 aliphatic heterocycles. The lowest BCUT2D eigenvalue weighted by Crippen LogP contribution is -2.60. The van der Waals surface area contributed by atoms with Gasteiger partial charge in [0.2, 0.25) is 0 Å². The van der Waals surface area contributed by atoms with E-state index in [1.54, 1.807) is 4.90 Å². The number of aromatic nitrogens is 2. The third kappa shape index (κ3) is 3.27. The normalized spacial score (nSPS) is 18.8. The summed E-state index contributed by atoms with van der Waals surface area (Å²) in [7, 11) is 0. The predicted molar refractivity (Wildman–Crippen MR) is 115 cm³/mol. The highest BCUT2D eigenvalue weighted by Gasteiger charge is 2.38. The van der Waals surface area contributed by atoms with Crippen LogP contribution in [-0.4, -0.2) is 44.6 Å². The first-order chi connectivity index (χ1) is 13.8. The van der Waals surface area contributed by atoms with Crippen molar-refractivity contribution in [2.24, 2.45) is 0 Å². The van der Waals surface area contributed by atoms with E-state index in [0.29, 0.717) is 24.6 Å². The molecule has 0 spiro atoms. The number of fused-ring (bicyclic) bond motifs is 1. The summed E-state index contributed by atoms with van der Waals surface area (Å²) in [5.41, 5.74) is 7.18. The van der Waals surface area contributed by atoms with Gasteiger partial charge in [-0.1, -0.05) is 18.2 Å². The Hall–Kier alpha value is -2.86. The van der Waals surface area contributed by atoms with Gasteiger partial charge in [0.25, 0.3) is 5.91 Å². The molecule has 0 bridgehead atoms. The molecule has 3 N–H and O–H groups in total. The van der Waals surface area contributed by atoms with Gasteiger partial charge in [-0.25, -0.2) is 4.98 Å². The molecule has 2 aromatic heterocycles. The van der Waals surface area contributed by atoms with Crippen LogP contribution >= 0.6 is 0 Å². The van der Waals surface area contributed by atoms with Gasteiger partial charge in [-0.15, -0.1) is 0 Å². The van der Waals surface area contributed by atoms with E-state index in [9.17, 15) is 9.90 Å².